The number of halogens is 5. The third-order valence-electron chi connectivity index (χ3n) is 4.52. The fraction of sp³-hybridized carbons (Fsp3) is 0.158. The minimum absolute atomic E-state index is 0.0788. The van der Waals surface area contributed by atoms with Gasteiger partial charge < -0.3 is 10.6 Å². The molecule has 1 aliphatic rings. The molecule has 2 aromatic carbocycles. The minimum Gasteiger partial charge on any atom is -0.363 e. The average Bonchev–Trinajstić information content (AvgIpc) is 3.11. The molecule has 0 bridgehead atoms. The zero-order valence-electron chi connectivity index (χ0n) is 14.8. The molecule has 1 aliphatic heterocycles. The number of amides is 1. The summed E-state index contributed by atoms with van der Waals surface area (Å²) in [5.74, 6) is -2.61. The first-order valence-electron chi connectivity index (χ1n) is 8.48. The summed E-state index contributed by atoms with van der Waals surface area (Å²) >= 11 is 0. The lowest BCUT2D eigenvalue weighted by Gasteiger charge is -2.26. The van der Waals surface area contributed by atoms with E-state index >= 15 is 0 Å². The lowest BCUT2D eigenvalue weighted by molar-refractivity contribution is -0.141. The molecule has 10 heteroatoms. The molecular weight excluding hydrogens is 395 g/mol. The highest BCUT2D eigenvalue weighted by Crippen LogP contribution is 2.39. The van der Waals surface area contributed by atoms with Crippen molar-refractivity contribution in [2.24, 2.45) is 0 Å². The topological polar surface area (TPSA) is 59.0 Å². The predicted molar refractivity (Wildman–Crippen MR) is 95.3 cm³/mol. The van der Waals surface area contributed by atoms with Gasteiger partial charge >= 0.3 is 6.18 Å². The number of alkyl halides is 3. The van der Waals surface area contributed by atoms with E-state index in [-0.39, 0.29) is 11.3 Å². The van der Waals surface area contributed by atoms with Gasteiger partial charge in [-0.05, 0) is 43.3 Å². The van der Waals surface area contributed by atoms with Gasteiger partial charge in [0, 0.05) is 16.8 Å². The molecule has 1 unspecified atom stereocenters. The summed E-state index contributed by atoms with van der Waals surface area (Å²) in [6, 6.07) is 8.34. The lowest BCUT2D eigenvalue weighted by atomic mass is 10.0. The Morgan fingerprint density at radius 2 is 1.83 bits per heavy atom. The second-order valence-corrected chi connectivity index (χ2v) is 6.49. The van der Waals surface area contributed by atoms with Gasteiger partial charge in [0.25, 0.3) is 5.91 Å². The first-order chi connectivity index (χ1) is 13.6. The van der Waals surface area contributed by atoms with Gasteiger partial charge in [-0.1, -0.05) is 6.07 Å². The quantitative estimate of drug-likeness (QED) is 0.584. The highest BCUT2D eigenvalue weighted by atomic mass is 19.4. The van der Waals surface area contributed by atoms with E-state index in [4.69, 9.17) is 0 Å². The lowest BCUT2D eigenvalue weighted by Crippen LogP contribution is -2.23. The Kier molecular flexibility index (Phi) is 4.29. The number of nitrogens with zero attached hydrogens (tertiary/aromatic N) is 2. The molecule has 150 valence electrons. The van der Waals surface area contributed by atoms with Gasteiger partial charge in [0.1, 0.15) is 23.5 Å². The molecule has 1 amide bonds. The SMILES string of the molecule is CC1Nc2cc(C(=O)Nc3c(F)cccc3F)ccc2-c2cc(C(F)(F)F)nn21. The van der Waals surface area contributed by atoms with Gasteiger partial charge in [-0.3, -0.25) is 4.79 Å². The smallest absolute Gasteiger partial charge is 0.363 e. The van der Waals surface area contributed by atoms with Gasteiger partial charge in [0.05, 0.1) is 5.69 Å². The number of benzene rings is 2. The molecule has 0 spiro atoms. The van der Waals surface area contributed by atoms with E-state index in [1.807, 2.05) is 0 Å². The Balaban J connectivity index is 1.69. The van der Waals surface area contributed by atoms with Crippen LogP contribution < -0.4 is 10.6 Å². The van der Waals surface area contributed by atoms with E-state index < -0.39 is 41.3 Å². The second kappa shape index (κ2) is 6.57. The van der Waals surface area contributed by atoms with Crippen molar-refractivity contribution in [3.63, 3.8) is 0 Å². The Hall–Kier alpha value is -3.43. The van der Waals surface area contributed by atoms with Crippen molar-refractivity contribution in [1.82, 2.24) is 9.78 Å². The second-order valence-electron chi connectivity index (χ2n) is 6.49. The highest BCUT2D eigenvalue weighted by molar-refractivity contribution is 6.05. The number of anilines is 2. The van der Waals surface area contributed by atoms with Crippen molar-refractivity contribution < 1.29 is 26.7 Å². The Bertz CT molecular complexity index is 1100. The number of fused-ring (bicyclic) bond motifs is 3. The summed E-state index contributed by atoms with van der Waals surface area (Å²) < 4.78 is 67.7. The van der Waals surface area contributed by atoms with Crippen LogP contribution in [0.3, 0.4) is 0 Å². The molecule has 5 nitrogen and oxygen atoms in total. The van der Waals surface area contributed by atoms with Crippen LogP contribution in [0.5, 0.6) is 0 Å². The van der Waals surface area contributed by atoms with Crippen molar-refractivity contribution >= 4 is 17.3 Å². The number of carbonyl (C=O) groups is 1. The van der Waals surface area contributed by atoms with E-state index in [9.17, 15) is 26.7 Å². The zero-order chi connectivity index (χ0) is 20.9. The van der Waals surface area contributed by atoms with Crippen LogP contribution in [0.15, 0.2) is 42.5 Å². The maximum atomic E-state index is 13.7. The summed E-state index contributed by atoms with van der Waals surface area (Å²) in [7, 11) is 0. The van der Waals surface area contributed by atoms with E-state index in [0.29, 0.717) is 11.3 Å². The van der Waals surface area contributed by atoms with Gasteiger partial charge in [-0.2, -0.15) is 18.3 Å². The minimum atomic E-state index is -4.59. The fourth-order valence-corrected chi connectivity index (χ4v) is 3.15. The number of aromatic nitrogens is 2. The van der Waals surface area contributed by atoms with Crippen LogP contribution in [-0.2, 0) is 6.18 Å². The zero-order valence-corrected chi connectivity index (χ0v) is 14.8. The molecule has 0 saturated carbocycles. The molecule has 2 N–H and O–H groups in total. The predicted octanol–water partition coefficient (Wildman–Crippen LogP) is 5.04. The maximum absolute atomic E-state index is 13.7. The number of para-hydroxylation sites is 1. The van der Waals surface area contributed by atoms with Crippen molar-refractivity contribution in [2.45, 2.75) is 19.3 Å². The molecule has 2 heterocycles. The highest BCUT2D eigenvalue weighted by Gasteiger charge is 2.37. The number of hydrogen-bond donors (Lipinski definition) is 2. The molecule has 29 heavy (non-hydrogen) atoms. The number of nitrogens with one attached hydrogen (secondary N) is 2. The summed E-state index contributed by atoms with van der Waals surface area (Å²) in [5, 5.41) is 8.74. The Morgan fingerprint density at radius 3 is 2.48 bits per heavy atom. The summed E-state index contributed by atoms with van der Waals surface area (Å²) in [5.41, 5.74) is -0.462. The third kappa shape index (κ3) is 3.30. The fourth-order valence-electron chi connectivity index (χ4n) is 3.15. The van der Waals surface area contributed by atoms with Crippen LogP contribution in [-0.4, -0.2) is 15.7 Å². The molecule has 0 fully saturated rings. The summed E-state index contributed by atoms with van der Waals surface area (Å²) in [6.45, 7) is 1.61. The molecule has 0 aliphatic carbocycles. The van der Waals surface area contributed by atoms with E-state index in [1.54, 1.807) is 6.92 Å². The van der Waals surface area contributed by atoms with Crippen LogP contribution in [0.25, 0.3) is 11.3 Å². The van der Waals surface area contributed by atoms with E-state index in [1.165, 1.54) is 28.9 Å². The number of rotatable bonds is 2. The molecule has 4 rings (SSSR count). The molecule has 1 atom stereocenters. The van der Waals surface area contributed by atoms with Crippen molar-refractivity contribution in [3.05, 3.63) is 65.4 Å². The van der Waals surface area contributed by atoms with Crippen LogP contribution in [0.1, 0.15) is 29.1 Å². The van der Waals surface area contributed by atoms with Crippen LogP contribution in [0.4, 0.5) is 33.3 Å². The Labute approximate surface area is 161 Å². The molecule has 0 saturated heterocycles. The van der Waals surface area contributed by atoms with Gasteiger partial charge in [0.2, 0.25) is 0 Å². The maximum Gasteiger partial charge on any atom is 0.435 e. The van der Waals surface area contributed by atoms with Gasteiger partial charge in [0.15, 0.2) is 5.69 Å². The largest absolute Gasteiger partial charge is 0.435 e. The van der Waals surface area contributed by atoms with E-state index in [2.05, 4.69) is 15.7 Å². The van der Waals surface area contributed by atoms with Gasteiger partial charge in [-0.15, -0.1) is 0 Å². The van der Waals surface area contributed by atoms with Crippen molar-refractivity contribution in [1.29, 1.82) is 0 Å². The monoisotopic (exact) mass is 408 g/mol. The molecule has 0 radical (unpaired) electrons. The Morgan fingerprint density at radius 1 is 1.14 bits per heavy atom. The molecule has 1 aromatic heterocycles. The summed E-state index contributed by atoms with van der Waals surface area (Å²) in [4.78, 5) is 12.4. The van der Waals surface area contributed by atoms with Crippen LogP contribution >= 0.6 is 0 Å². The van der Waals surface area contributed by atoms with Gasteiger partial charge in [-0.25, -0.2) is 13.5 Å². The average molecular weight is 408 g/mol. The van der Waals surface area contributed by atoms with E-state index in [0.717, 1.165) is 18.2 Å². The third-order valence-corrected chi connectivity index (χ3v) is 4.52. The summed E-state index contributed by atoms with van der Waals surface area (Å²) in [6.07, 6.45) is -5.19. The van der Waals surface area contributed by atoms with Crippen LogP contribution in [0.2, 0.25) is 0 Å². The first kappa shape index (κ1) is 18.9. The van der Waals surface area contributed by atoms with Crippen molar-refractivity contribution in [3.8, 4) is 11.3 Å². The normalized spacial score (nSPS) is 15.3. The number of hydrogen-bond acceptors (Lipinski definition) is 3. The standard InChI is InChI=1S/C19H13F5N4O/c1-9-25-14-7-10(18(29)26-17-12(20)3-2-4-13(17)21)5-6-11(14)15-8-16(19(22,23)24)27-28(9)15/h2-9,25H,1H3,(H,26,29). The molecular formula is C19H13F5N4O. The van der Waals surface area contributed by atoms with Crippen molar-refractivity contribution in [2.75, 3.05) is 10.6 Å². The number of carbonyl (C=O) groups excluding carboxylic acids is 1. The van der Waals surface area contributed by atoms with Crippen LogP contribution in [0, 0.1) is 11.6 Å². The molecule has 3 aromatic rings. The first-order valence-corrected chi connectivity index (χ1v) is 8.48.